The number of rotatable bonds is 4. The van der Waals surface area contributed by atoms with Crippen molar-refractivity contribution in [1.82, 2.24) is 0 Å². The van der Waals surface area contributed by atoms with Crippen molar-refractivity contribution in [1.29, 1.82) is 5.26 Å². The van der Waals surface area contributed by atoms with Crippen molar-refractivity contribution in [3.05, 3.63) is 59.4 Å². The van der Waals surface area contributed by atoms with Crippen molar-refractivity contribution in [3.63, 3.8) is 0 Å². The molecule has 0 N–H and O–H groups in total. The van der Waals surface area contributed by atoms with E-state index in [1.807, 2.05) is 0 Å². The highest BCUT2D eigenvalue weighted by Crippen LogP contribution is 2.20. The normalized spacial score (nSPS) is 11.7. The number of ether oxygens (including phenoxy) is 1. The average Bonchev–Trinajstić information content (AvgIpc) is 2.49. The molecule has 0 aromatic heterocycles. The molecule has 0 aliphatic rings. The van der Waals surface area contributed by atoms with Crippen LogP contribution in [0.1, 0.15) is 11.1 Å². The molecule has 0 aliphatic heterocycles. The van der Waals surface area contributed by atoms with Crippen molar-refractivity contribution in [2.45, 2.75) is 10.6 Å². The van der Waals surface area contributed by atoms with Gasteiger partial charge in [0, 0.05) is 10.5 Å². The lowest BCUT2D eigenvalue weighted by molar-refractivity contribution is 0.413. The van der Waals surface area contributed by atoms with Gasteiger partial charge in [-0.2, -0.15) is 5.26 Å². The maximum atomic E-state index is 13.9. The summed E-state index contributed by atoms with van der Waals surface area (Å²) in [6.07, 6.45) is 0. The summed E-state index contributed by atoms with van der Waals surface area (Å²) in [7, 11) is 0.130. The van der Waals surface area contributed by atoms with E-state index in [4.69, 9.17) is 10.00 Å². The third-order valence-electron chi connectivity index (χ3n) is 2.79. The zero-order chi connectivity index (χ0) is 14.5. The number of hydrogen-bond acceptors (Lipinski definition) is 3. The first kappa shape index (κ1) is 14.2. The second-order valence-corrected chi connectivity index (χ2v) is 5.51. The van der Waals surface area contributed by atoms with E-state index in [0.717, 1.165) is 0 Å². The predicted molar refractivity (Wildman–Crippen MR) is 74.2 cm³/mol. The molecule has 0 aliphatic carbocycles. The lowest BCUT2D eigenvalue weighted by Crippen LogP contribution is -2.01. The van der Waals surface area contributed by atoms with Crippen LogP contribution in [0.15, 0.2) is 47.4 Å². The van der Waals surface area contributed by atoms with Crippen LogP contribution < -0.4 is 4.74 Å². The number of hydrogen-bond donors (Lipinski definition) is 0. The monoisotopic (exact) mass is 289 g/mol. The maximum absolute atomic E-state index is 13.9. The lowest BCUT2D eigenvalue weighted by Gasteiger charge is -2.06. The van der Waals surface area contributed by atoms with Crippen molar-refractivity contribution in [3.8, 4) is 11.8 Å². The molecule has 1 unspecified atom stereocenters. The van der Waals surface area contributed by atoms with E-state index in [-0.39, 0.29) is 16.9 Å². The smallest absolute Gasteiger partial charge is 0.145 e. The van der Waals surface area contributed by atoms with Gasteiger partial charge in [-0.25, -0.2) is 4.39 Å². The number of nitrogens with zero attached hydrogens (tertiary/aromatic N) is 1. The largest absolute Gasteiger partial charge is 0.497 e. The van der Waals surface area contributed by atoms with Gasteiger partial charge in [0.25, 0.3) is 0 Å². The Morgan fingerprint density at radius 1 is 1.30 bits per heavy atom. The van der Waals surface area contributed by atoms with Crippen molar-refractivity contribution in [2.75, 3.05) is 7.11 Å². The summed E-state index contributed by atoms with van der Waals surface area (Å²) < 4.78 is 31.2. The molecule has 20 heavy (non-hydrogen) atoms. The quantitative estimate of drug-likeness (QED) is 0.869. The van der Waals surface area contributed by atoms with Crippen LogP contribution in [0.3, 0.4) is 0 Å². The molecular formula is C15H12FNO2S. The van der Waals surface area contributed by atoms with Crippen LogP contribution in [0.5, 0.6) is 5.75 Å². The van der Waals surface area contributed by atoms with Gasteiger partial charge < -0.3 is 4.74 Å². The molecular weight excluding hydrogens is 277 g/mol. The van der Waals surface area contributed by atoms with Gasteiger partial charge in [-0.1, -0.05) is 18.2 Å². The van der Waals surface area contributed by atoms with Crippen molar-refractivity contribution < 1.29 is 13.3 Å². The van der Waals surface area contributed by atoms with Gasteiger partial charge in [0.2, 0.25) is 0 Å². The van der Waals surface area contributed by atoms with Gasteiger partial charge in [-0.05, 0) is 24.3 Å². The van der Waals surface area contributed by atoms with E-state index in [1.165, 1.54) is 19.2 Å². The summed E-state index contributed by atoms with van der Waals surface area (Å²) in [5, 5.41) is 8.78. The highest BCUT2D eigenvalue weighted by Gasteiger charge is 2.12. The SMILES string of the molecule is COc1cccc(S(=O)Cc2cccc(C#N)c2F)c1. The second kappa shape index (κ2) is 6.31. The first-order valence-electron chi connectivity index (χ1n) is 5.85. The van der Waals surface area contributed by atoms with E-state index in [0.29, 0.717) is 10.6 Å². The number of halogens is 1. The van der Waals surface area contributed by atoms with Crippen LogP contribution in [0.25, 0.3) is 0 Å². The fourth-order valence-electron chi connectivity index (χ4n) is 1.74. The Labute approximate surface area is 119 Å². The van der Waals surface area contributed by atoms with Crippen LogP contribution in [-0.4, -0.2) is 11.3 Å². The topological polar surface area (TPSA) is 50.1 Å². The summed E-state index contributed by atoms with van der Waals surface area (Å²) >= 11 is 0. The molecule has 0 saturated carbocycles. The number of methoxy groups -OCH3 is 1. The van der Waals surface area contributed by atoms with Gasteiger partial charge in [0.05, 0.1) is 29.2 Å². The molecule has 0 spiro atoms. The van der Waals surface area contributed by atoms with E-state index in [9.17, 15) is 8.60 Å². The Morgan fingerprint density at radius 2 is 2.05 bits per heavy atom. The van der Waals surface area contributed by atoms with Gasteiger partial charge in [-0.3, -0.25) is 4.21 Å². The molecule has 5 heteroatoms. The molecule has 0 bridgehead atoms. The Bertz CT molecular complexity index is 695. The molecule has 3 nitrogen and oxygen atoms in total. The minimum absolute atomic E-state index is 0.0223. The zero-order valence-corrected chi connectivity index (χ0v) is 11.6. The summed E-state index contributed by atoms with van der Waals surface area (Å²) in [5.74, 6) is 0.0162. The van der Waals surface area contributed by atoms with Crippen LogP contribution in [-0.2, 0) is 16.6 Å². The molecule has 0 amide bonds. The van der Waals surface area contributed by atoms with E-state index < -0.39 is 16.6 Å². The standard InChI is InChI=1S/C15H12FNO2S/c1-19-13-6-3-7-14(8-13)20(18)10-12-5-2-4-11(9-17)15(12)16/h2-8H,10H2,1H3. The first-order valence-corrected chi connectivity index (χ1v) is 7.17. The molecule has 0 heterocycles. The molecule has 0 fully saturated rings. The highest BCUT2D eigenvalue weighted by molar-refractivity contribution is 7.84. The lowest BCUT2D eigenvalue weighted by atomic mass is 10.1. The van der Waals surface area contributed by atoms with Gasteiger partial charge in [-0.15, -0.1) is 0 Å². The third kappa shape index (κ3) is 3.03. The summed E-state index contributed by atoms with van der Waals surface area (Å²) in [4.78, 5) is 0.561. The molecule has 2 rings (SSSR count). The zero-order valence-electron chi connectivity index (χ0n) is 10.8. The number of benzene rings is 2. The maximum Gasteiger partial charge on any atom is 0.145 e. The third-order valence-corrected chi connectivity index (χ3v) is 4.14. The molecule has 0 radical (unpaired) electrons. The molecule has 0 saturated heterocycles. The average molecular weight is 289 g/mol. The van der Waals surface area contributed by atoms with Gasteiger partial charge in [0.1, 0.15) is 17.6 Å². The first-order chi connectivity index (χ1) is 9.65. The van der Waals surface area contributed by atoms with E-state index >= 15 is 0 Å². The molecule has 102 valence electrons. The van der Waals surface area contributed by atoms with E-state index in [2.05, 4.69) is 0 Å². The Hall–Kier alpha value is -2.19. The number of nitriles is 1. The van der Waals surface area contributed by atoms with Crippen LogP contribution in [0.2, 0.25) is 0 Å². The Morgan fingerprint density at radius 3 is 2.75 bits per heavy atom. The summed E-state index contributed by atoms with van der Waals surface area (Å²) in [6, 6.07) is 13.1. The van der Waals surface area contributed by atoms with Crippen molar-refractivity contribution >= 4 is 10.8 Å². The summed E-state index contributed by atoms with van der Waals surface area (Å²) in [5.41, 5.74) is 0.232. The predicted octanol–water partition coefficient (Wildman–Crippen LogP) is 3.01. The Balaban J connectivity index is 2.26. The van der Waals surface area contributed by atoms with Crippen LogP contribution in [0.4, 0.5) is 4.39 Å². The molecule has 2 aromatic rings. The minimum Gasteiger partial charge on any atom is -0.497 e. The highest BCUT2D eigenvalue weighted by atomic mass is 32.2. The van der Waals surface area contributed by atoms with Crippen LogP contribution in [0, 0.1) is 17.1 Å². The molecule has 2 aromatic carbocycles. The van der Waals surface area contributed by atoms with Crippen LogP contribution >= 0.6 is 0 Å². The van der Waals surface area contributed by atoms with E-state index in [1.54, 1.807) is 36.4 Å². The van der Waals surface area contributed by atoms with Gasteiger partial charge in [0.15, 0.2) is 0 Å². The Kier molecular flexibility index (Phi) is 4.49. The fraction of sp³-hybridized carbons (Fsp3) is 0.133. The summed E-state index contributed by atoms with van der Waals surface area (Å²) in [6.45, 7) is 0. The fourth-order valence-corrected chi connectivity index (χ4v) is 2.90. The molecule has 1 atom stereocenters. The minimum atomic E-state index is -1.40. The van der Waals surface area contributed by atoms with Gasteiger partial charge >= 0.3 is 0 Å². The second-order valence-electron chi connectivity index (χ2n) is 4.06. The van der Waals surface area contributed by atoms with Crippen molar-refractivity contribution in [2.24, 2.45) is 0 Å².